The van der Waals surface area contributed by atoms with Crippen molar-refractivity contribution >= 4 is 29.7 Å². The van der Waals surface area contributed by atoms with Crippen LogP contribution in [0, 0.1) is 41.4 Å². The maximum Gasteiger partial charge on any atom is 0.312 e. The fourth-order valence-electron chi connectivity index (χ4n) is 9.15. The van der Waals surface area contributed by atoms with Gasteiger partial charge in [0.05, 0.1) is 55.4 Å². The number of ether oxygens (including phenoxy) is 10. The topological polar surface area (TPSA) is 198 Å². The molecule has 0 aromatic carbocycles. The molecule has 334 valence electrons. The van der Waals surface area contributed by atoms with Gasteiger partial charge in [0, 0.05) is 58.7 Å². The van der Waals surface area contributed by atoms with Crippen molar-refractivity contribution in [2.45, 2.75) is 175 Å². The number of aliphatic hydroxyl groups is 1. The lowest BCUT2D eigenvalue weighted by atomic mass is 9.76. The molecule has 0 spiro atoms. The Kier molecular flexibility index (Phi) is 18.1. The van der Waals surface area contributed by atoms with Crippen molar-refractivity contribution < 1.29 is 76.4 Å². The van der Waals surface area contributed by atoms with Gasteiger partial charge in [0.25, 0.3) is 0 Å². The Morgan fingerprint density at radius 3 is 1.98 bits per heavy atom. The smallest absolute Gasteiger partial charge is 0.312 e. The second kappa shape index (κ2) is 21.2. The van der Waals surface area contributed by atoms with Gasteiger partial charge in [-0.05, 0) is 47.0 Å². The minimum absolute atomic E-state index is 0.0991. The van der Waals surface area contributed by atoms with E-state index in [1.165, 1.54) is 35.2 Å². The summed E-state index contributed by atoms with van der Waals surface area (Å²) >= 11 is 0. The standard InChI is InChI=1S/C42H70O16/c1-19-16-20(2)34(58-41-33(46)30(49-13)17-21(3)52-41)23(5)36(56-31-18-42(12,51-15)38(27(9)53-31)55-29(11)44)26(8)40(48)57-37(25(7)39(47)50-14)24(6)35(54-28(10)43)22(4)32(19)45/h19-27,30-31,33-38,41,46H,16-18H2,1-15H3/t19-,20+,21-,22+,23-,24-,25-,26-,27+,30+,31+,33-,34+,35-,36+,37+,38-,41+,42-/m1/s1. The average Bonchev–Trinajstić information content (AvgIpc) is 3.16. The number of esters is 4. The van der Waals surface area contributed by atoms with E-state index in [-0.39, 0.29) is 18.3 Å². The third-order valence-corrected chi connectivity index (χ3v) is 12.5. The summed E-state index contributed by atoms with van der Waals surface area (Å²) < 4.78 is 60.2. The molecule has 0 aromatic heterocycles. The molecule has 16 heteroatoms. The minimum atomic E-state index is -1.20. The molecule has 0 amide bonds. The molecule has 58 heavy (non-hydrogen) atoms. The lowest BCUT2D eigenvalue weighted by Crippen LogP contribution is -2.59. The summed E-state index contributed by atoms with van der Waals surface area (Å²) in [6.07, 6.45) is -8.95. The Morgan fingerprint density at radius 1 is 0.810 bits per heavy atom. The van der Waals surface area contributed by atoms with Crippen molar-refractivity contribution in [3.8, 4) is 0 Å². The van der Waals surface area contributed by atoms with E-state index in [2.05, 4.69) is 0 Å². The highest BCUT2D eigenvalue weighted by Gasteiger charge is 2.52. The summed E-state index contributed by atoms with van der Waals surface area (Å²) in [4.78, 5) is 66.5. The van der Waals surface area contributed by atoms with Crippen LogP contribution in [0.2, 0.25) is 0 Å². The van der Waals surface area contributed by atoms with Gasteiger partial charge in [-0.1, -0.05) is 34.6 Å². The summed E-state index contributed by atoms with van der Waals surface area (Å²) in [5.74, 6) is -8.22. The van der Waals surface area contributed by atoms with Crippen LogP contribution in [-0.4, -0.2) is 129 Å². The average molecular weight is 831 g/mol. The predicted molar refractivity (Wildman–Crippen MR) is 207 cm³/mol. The molecule has 3 aliphatic heterocycles. The Hall–Kier alpha value is -2.73. The van der Waals surface area contributed by atoms with Gasteiger partial charge in [-0.15, -0.1) is 0 Å². The van der Waals surface area contributed by atoms with Gasteiger partial charge in [0.1, 0.15) is 29.7 Å². The maximum atomic E-state index is 14.6. The molecule has 3 saturated heterocycles. The Balaban J connectivity index is 2.22. The molecule has 0 saturated carbocycles. The number of methoxy groups -OCH3 is 3. The number of aliphatic hydroxyl groups excluding tert-OH is 1. The number of rotatable bonds is 10. The normalized spacial score (nSPS) is 42.7. The van der Waals surface area contributed by atoms with Gasteiger partial charge < -0.3 is 52.5 Å². The molecular formula is C42H70O16. The van der Waals surface area contributed by atoms with E-state index in [0.29, 0.717) is 12.8 Å². The Morgan fingerprint density at radius 2 is 1.43 bits per heavy atom. The van der Waals surface area contributed by atoms with Crippen LogP contribution >= 0.6 is 0 Å². The van der Waals surface area contributed by atoms with Gasteiger partial charge in [0.15, 0.2) is 18.7 Å². The molecular weight excluding hydrogens is 760 g/mol. The molecule has 1 N–H and O–H groups in total. The van der Waals surface area contributed by atoms with Crippen molar-refractivity contribution in [2.24, 2.45) is 41.4 Å². The van der Waals surface area contributed by atoms with Gasteiger partial charge in [0.2, 0.25) is 0 Å². The fraction of sp³-hybridized carbons (Fsp3) is 0.881. The third-order valence-electron chi connectivity index (χ3n) is 12.5. The number of Topliss-reactive ketones (excluding diaryl/α,β-unsaturated/α-hetero) is 1. The van der Waals surface area contributed by atoms with E-state index in [1.54, 1.807) is 48.5 Å². The van der Waals surface area contributed by atoms with Gasteiger partial charge >= 0.3 is 23.9 Å². The van der Waals surface area contributed by atoms with Crippen LogP contribution < -0.4 is 0 Å². The van der Waals surface area contributed by atoms with E-state index in [9.17, 15) is 29.1 Å². The van der Waals surface area contributed by atoms with Crippen molar-refractivity contribution in [2.75, 3.05) is 21.3 Å². The first-order valence-electron chi connectivity index (χ1n) is 20.6. The van der Waals surface area contributed by atoms with Crippen molar-refractivity contribution in [3.63, 3.8) is 0 Å². The molecule has 3 rings (SSSR count). The van der Waals surface area contributed by atoms with Crippen LogP contribution in [0.4, 0.5) is 0 Å². The molecule has 3 heterocycles. The van der Waals surface area contributed by atoms with Gasteiger partial charge in [-0.25, -0.2) is 0 Å². The third kappa shape index (κ3) is 11.8. The van der Waals surface area contributed by atoms with E-state index in [0.717, 1.165) is 0 Å². The van der Waals surface area contributed by atoms with E-state index in [1.807, 2.05) is 20.8 Å². The molecule has 3 aliphatic rings. The summed E-state index contributed by atoms with van der Waals surface area (Å²) in [5.41, 5.74) is -1.05. The van der Waals surface area contributed by atoms with Gasteiger partial charge in [-0.3, -0.25) is 24.0 Å². The highest BCUT2D eigenvalue weighted by atomic mass is 16.7. The zero-order valence-electron chi connectivity index (χ0n) is 37.1. The van der Waals surface area contributed by atoms with Crippen LogP contribution in [0.3, 0.4) is 0 Å². The number of hydrogen-bond acceptors (Lipinski definition) is 16. The molecule has 0 bridgehead atoms. The second-order valence-electron chi connectivity index (χ2n) is 17.1. The van der Waals surface area contributed by atoms with E-state index in [4.69, 9.17) is 47.4 Å². The Labute approximate surface area is 343 Å². The number of cyclic esters (lactones) is 1. The molecule has 16 nitrogen and oxygen atoms in total. The SMILES string of the molecule is COC(=O)[C@H](C)[C@H]1OC(=O)[C@H](C)[C@@H](O[C@H]2C[C@@](C)(OC)[C@H](OC(C)=O)[C@H](C)O2)[C@H](C)[C@@H](O[C@@H]2O[C@H](C)C[C@H](OC)[C@H]2O)[C@@H](C)C[C@@H](C)C(=O)[C@H](C)[C@@H](OC(C)=O)[C@H]1C. The quantitative estimate of drug-likeness (QED) is 0.243. The largest absolute Gasteiger partial charge is 0.469 e. The van der Waals surface area contributed by atoms with E-state index < -0.39 is 132 Å². The Bertz CT molecular complexity index is 1410. The number of ketones is 1. The second-order valence-corrected chi connectivity index (χ2v) is 17.1. The summed E-state index contributed by atoms with van der Waals surface area (Å²) in [6.45, 7) is 20.0. The van der Waals surface area contributed by atoms with Crippen LogP contribution in [0.15, 0.2) is 0 Å². The zero-order valence-corrected chi connectivity index (χ0v) is 37.1. The first-order valence-corrected chi connectivity index (χ1v) is 20.6. The lowest BCUT2D eigenvalue weighted by Gasteiger charge is -2.48. The zero-order chi connectivity index (χ0) is 44.0. The molecule has 3 fully saturated rings. The van der Waals surface area contributed by atoms with Crippen molar-refractivity contribution in [1.29, 1.82) is 0 Å². The highest BCUT2D eigenvalue weighted by Crippen LogP contribution is 2.40. The van der Waals surface area contributed by atoms with Crippen molar-refractivity contribution in [1.82, 2.24) is 0 Å². The monoisotopic (exact) mass is 830 g/mol. The molecule has 19 atom stereocenters. The van der Waals surface area contributed by atoms with Crippen molar-refractivity contribution in [3.05, 3.63) is 0 Å². The van der Waals surface area contributed by atoms with E-state index >= 15 is 0 Å². The lowest BCUT2D eigenvalue weighted by molar-refractivity contribution is -0.313. The van der Waals surface area contributed by atoms with Crippen LogP contribution in [0.25, 0.3) is 0 Å². The van der Waals surface area contributed by atoms with Crippen LogP contribution in [0.1, 0.15) is 102 Å². The number of hydrogen-bond donors (Lipinski definition) is 1. The summed E-state index contributed by atoms with van der Waals surface area (Å²) in [7, 11) is 4.22. The molecule has 0 unspecified atom stereocenters. The summed E-state index contributed by atoms with van der Waals surface area (Å²) in [5, 5.41) is 11.4. The predicted octanol–water partition coefficient (Wildman–Crippen LogP) is 4.18. The maximum absolute atomic E-state index is 14.6. The number of carbonyl (C=O) groups is 5. The number of carbonyl (C=O) groups excluding carboxylic acids is 5. The minimum Gasteiger partial charge on any atom is -0.469 e. The summed E-state index contributed by atoms with van der Waals surface area (Å²) in [6, 6.07) is 0. The first kappa shape index (κ1) is 49.6. The van der Waals surface area contributed by atoms with Crippen LogP contribution in [-0.2, 0) is 71.3 Å². The van der Waals surface area contributed by atoms with Gasteiger partial charge in [-0.2, -0.15) is 0 Å². The highest BCUT2D eigenvalue weighted by molar-refractivity contribution is 5.84. The van der Waals surface area contributed by atoms with Crippen LogP contribution in [0.5, 0.6) is 0 Å². The first-order chi connectivity index (χ1) is 27.0. The fourth-order valence-corrected chi connectivity index (χ4v) is 9.15. The molecule has 0 aliphatic carbocycles. The molecule has 0 radical (unpaired) electrons. The molecule has 0 aromatic rings.